The molecule has 0 amide bonds. The maximum Gasteiger partial charge on any atom is 0.0757 e. The summed E-state index contributed by atoms with van der Waals surface area (Å²) in [4.78, 5) is 0. The highest BCUT2D eigenvalue weighted by Gasteiger charge is 2.61. The fourth-order valence-corrected chi connectivity index (χ4v) is 9.69. The van der Waals surface area contributed by atoms with Gasteiger partial charge in [-0.15, -0.1) is 0 Å². The van der Waals surface area contributed by atoms with Gasteiger partial charge in [0, 0.05) is 0 Å². The highest BCUT2D eigenvalue weighted by molar-refractivity contribution is 5.27. The number of aliphatic hydroxyl groups is 2. The van der Waals surface area contributed by atoms with Gasteiger partial charge in [-0.2, -0.15) is 0 Å². The van der Waals surface area contributed by atoms with Crippen LogP contribution >= 0.6 is 0 Å². The smallest absolute Gasteiger partial charge is 0.0757 e. The molecule has 0 bridgehead atoms. The second kappa shape index (κ2) is 7.86. The van der Waals surface area contributed by atoms with E-state index in [9.17, 15) is 10.2 Å². The van der Waals surface area contributed by atoms with E-state index in [4.69, 9.17) is 0 Å². The molecule has 0 heterocycles. The zero-order valence-electron chi connectivity index (χ0n) is 20.8. The van der Waals surface area contributed by atoms with Gasteiger partial charge in [-0.1, -0.05) is 59.1 Å². The van der Waals surface area contributed by atoms with Crippen molar-refractivity contribution in [3.63, 3.8) is 0 Å². The zero-order valence-corrected chi connectivity index (χ0v) is 20.8. The van der Waals surface area contributed by atoms with Crippen LogP contribution in [0.3, 0.4) is 0 Å². The summed E-state index contributed by atoms with van der Waals surface area (Å²) in [6, 6.07) is 0. The lowest BCUT2D eigenvalue weighted by Crippen LogP contribution is -2.54. The van der Waals surface area contributed by atoms with Gasteiger partial charge in [-0.25, -0.2) is 0 Å². The molecule has 2 heteroatoms. The number of rotatable bonds is 5. The van der Waals surface area contributed by atoms with E-state index in [2.05, 4.69) is 40.7 Å². The number of hydrogen-bond acceptors (Lipinski definition) is 2. The summed E-state index contributed by atoms with van der Waals surface area (Å²) in [6.45, 7) is 12.5. The molecule has 12 atom stereocenters. The third-order valence-corrected chi connectivity index (χ3v) is 11.8. The van der Waals surface area contributed by atoms with Crippen molar-refractivity contribution in [2.45, 2.75) is 111 Å². The fourth-order valence-electron chi connectivity index (χ4n) is 9.69. The monoisotopic (exact) mass is 428 g/mol. The van der Waals surface area contributed by atoms with E-state index >= 15 is 0 Å². The van der Waals surface area contributed by atoms with E-state index in [0.717, 1.165) is 48.9 Å². The van der Waals surface area contributed by atoms with Crippen molar-refractivity contribution in [2.75, 3.05) is 0 Å². The van der Waals surface area contributed by atoms with Crippen molar-refractivity contribution >= 4 is 0 Å². The molecule has 0 aliphatic heterocycles. The molecule has 31 heavy (non-hydrogen) atoms. The van der Waals surface area contributed by atoms with E-state index in [1.165, 1.54) is 50.5 Å². The van der Waals surface area contributed by atoms with Crippen LogP contribution in [0.1, 0.15) is 98.8 Å². The molecule has 0 unspecified atom stereocenters. The summed E-state index contributed by atoms with van der Waals surface area (Å²) < 4.78 is 0. The molecule has 4 fully saturated rings. The second-order valence-corrected chi connectivity index (χ2v) is 13.4. The van der Waals surface area contributed by atoms with Crippen LogP contribution < -0.4 is 0 Å². The Hall–Kier alpha value is -0.340. The minimum atomic E-state index is -0.298. The van der Waals surface area contributed by atoms with Gasteiger partial charge in [-0.05, 0) is 110 Å². The molecule has 176 valence electrons. The predicted molar refractivity (Wildman–Crippen MR) is 127 cm³/mol. The first-order valence-corrected chi connectivity index (χ1v) is 13.7. The molecule has 2 N–H and O–H groups in total. The molecule has 0 spiro atoms. The maximum absolute atomic E-state index is 11.3. The summed E-state index contributed by atoms with van der Waals surface area (Å²) in [5, 5.41) is 21.6. The summed E-state index contributed by atoms with van der Waals surface area (Å²) in [5.41, 5.74) is 1.99. The molecule has 0 saturated heterocycles. The Kier molecular flexibility index (Phi) is 5.70. The van der Waals surface area contributed by atoms with Crippen molar-refractivity contribution in [2.24, 2.45) is 58.2 Å². The van der Waals surface area contributed by atoms with Gasteiger partial charge in [0.2, 0.25) is 0 Å². The molecule has 5 aliphatic rings. The summed E-state index contributed by atoms with van der Waals surface area (Å²) in [6.07, 6.45) is 14.1. The van der Waals surface area contributed by atoms with Gasteiger partial charge in [-0.3, -0.25) is 0 Å². The molecular formula is C29H48O2. The van der Waals surface area contributed by atoms with Crippen LogP contribution in [-0.4, -0.2) is 22.4 Å². The highest BCUT2D eigenvalue weighted by atomic mass is 16.3. The third kappa shape index (κ3) is 3.58. The zero-order chi connectivity index (χ0) is 22.1. The van der Waals surface area contributed by atoms with Crippen molar-refractivity contribution in [3.8, 4) is 0 Å². The lowest BCUT2D eigenvalue weighted by molar-refractivity contribution is -0.0971. The highest BCUT2D eigenvalue weighted by Crippen LogP contribution is 2.67. The van der Waals surface area contributed by atoms with E-state index < -0.39 is 0 Å². The molecule has 2 nitrogen and oxygen atoms in total. The van der Waals surface area contributed by atoms with Gasteiger partial charge in [0.15, 0.2) is 0 Å². The summed E-state index contributed by atoms with van der Waals surface area (Å²) >= 11 is 0. The van der Waals surface area contributed by atoms with Crippen molar-refractivity contribution < 1.29 is 10.2 Å². The Morgan fingerprint density at radius 1 is 0.968 bits per heavy atom. The standard InChI is InChI=1S/C29H48O2/c1-17(22-14-19(22)3)6-7-18(2)23-8-9-24-27-25(11-13-29(23,24)5)28(4)12-10-21(30)15-20(28)16-26(27)31/h16-19,21-27,30-31H,6-15H2,1-5H3/t17-,18+,19-,21+,22+,23-,24+,25+,26+,27+,28+,29-/m1/s1. The van der Waals surface area contributed by atoms with Crippen LogP contribution in [0, 0.1) is 58.2 Å². The molecule has 0 aromatic rings. The van der Waals surface area contributed by atoms with Crippen molar-refractivity contribution in [1.82, 2.24) is 0 Å². The Bertz CT molecular complexity index is 714. The average Bonchev–Trinajstić information content (AvgIpc) is 3.35. The van der Waals surface area contributed by atoms with Crippen LogP contribution in [-0.2, 0) is 0 Å². The van der Waals surface area contributed by atoms with Gasteiger partial charge >= 0.3 is 0 Å². The number of fused-ring (bicyclic) bond motifs is 5. The van der Waals surface area contributed by atoms with Crippen molar-refractivity contribution in [3.05, 3.63) is 11.6 Å². The molecule has 0 aromatic carbocycles. The van der Waals surface area contributed by atoms with Gasteiger partial charge < -0.3 is 10.2 Å². The van der Waals surface area contributed by atoms with E-state index in [1.807, 2.05) is 0 Å². The first kappa shape index (κ1) is 22.5. The molecule has 0 aromatic heterocycles. The molecule has 4 saturated carbocycles. The number of aliphatic hydroxyl groups excluding tert-OH is 2. The molecule has 5 rings (SSSR count). The van der Waals surface area contributed by atoms with Crippen molar-refractivity contribution in [1.29, 1.82) is 0 Å². The van der Waals surface area contributed by atoms with Gasteiger partial charge in [0.05, 0.1) is 12.2 Å². The molecule has 0 radical (unpaired) electrons. The second-order valence-electron chi connectivity index (χ2n) is 13.4. The van der Waals surface area contributed by atoms with Crippen LogP contribution in [0.5, 0.6) is 0 Å². The van der Waals surface area contributed by atoms with E-state index in [1.54, 1.807) is 0 Å². The van der Waals surface area contributed by atoms with E-state index in [-0.39, 0.29) is 17.6 Å². The van der Waals surface area contributed by atoms with Crippen LogP contribution in [0.2, 0.25) is 0 Å². The third-order valence-electron chi connectivity index (χ3n) is 11.8. The first-order chi connectivity index (χ1) is 14.6. The topological polar surface area (TPSA) is 40.5 Å². The average molecular weight is 429 g/mol. The Balaban J connectivity index is 1.31. The summed E-state index contributed by atoms with van der Waals surface area (Å²) in [7, 11) is 0. The fraction of sp³-hybridized carbons (Fsp3) is 0.931. The van der Waals surface area contributed by atoms with Crippen LogP contribution in [0.25, 0.3) is 0 Å². The predicted octanol–water partition coefficient (Wildman–Crippen LogP) is 6.61. The Morgan fingerprint density at radius 3 is 2.39 bits per heavy atom. The van der Waals surface area contributed by atoms with E-state index in [0.29, 0.717) is 23.2 Å². The largest absolute Gasteiger partial charge is 0.393 e. The lowest BCUT2D eigenvalue weighted by Gasteiger charge is -2.59. The SMILES string of the molecule is C[C@H](CC[C@H](C)[C@H]1CC[C@H]2[C@@H]3[C@@H](O)C=C4C[C@@H](O)CC[C@]4(C)[C@H]3CC[C@]12C)[C@@H]1C[C@H]1C. The maximum atomic E-state index is 11.3. The van der Waals surface area contributed by atoms with Crippen LogP contribution in [0.15, 0.2) is 11.6 Å². The molecule has 5 aliphatic carbocycles. The van der Waals surface area contributed by atoms with Crippen LogP contribution in [0.4, 0.5) is 0 Å². The minimum Gasteiger partial charge on any atom is -0.393 e. The van der Waals surface area contributed by atoms with Gasteiger partial charge in [0.1, 0.15) is 0 Å². The lowest BCUT2D eigenvalue weighted by atomic mass is 9.46. The quantitative estimate of drug-likeness (QED) is 0.484. The number of hydrogen-bond donors (Lipinski definition) is 2. The van der Waals surface area contributed by atoms with Gasteiger partial charge in [0.25, 0.3) is 0 Å². The Morgan fingerprint density at radius 2 is 1.68 bits per heavy atom. The first-order valence-electron chi connectivity index (χ1n) is 13.7. The normalized spacial score (nSPS) is 53.1. The molecular weight excluding hydrogens is 380 g/mol. The summed E-state index contributed by atoms with van der Waals surface area (Å²) in [5.74, 6) is 6.25. The Labute approximate surface area is 191 Å². The minimum absolute atomic E-state index is 0.199.